The van der Waals surface area contributed by atoms with Gasteiger partial charge in [0.2, 0.25) is 0 Å². The van der Waals surface area contributed by atoms with E-state index >= 15 is 0 Å². The van der Waals surface area contributed by atoms with Gasteiger partial charge in [0.25, 0.3) is 0 Å². The Labute approximate surface area is 256 Å². The lowest BCUT2D eigenvalue weighted by Gasteiger charge is -2.26. The summed E-state index contributed by atoms with van der Waals surface area (Å²) in [6, 6.07) is 0. The summed E-state index contributed by atoms with van der Waals surface area (Å²) in [5.41, 5.74) is 13.1. The molecule has 44 heavy (non-hydrogen) atoms. The number of aliphatic hydroxyl groups excluding tert-OH is 3. The first-order valence-corrected chi connectivity index (χ1v) is 16.3. The summed E-state index contributed by atoms with van der Waals surface area (Å²) in [4.78, 5) is 35.7. The summed E-state index contributed by atoms with van der Waals surface area (Å²) in [5.74, 6) is -0.276. The van der Waals surface area contributed by atoms with E-state index in [1.165, 1.54) is 29.9 Å². The zero-order valence-electron chi connectivity index (χ0n) is 22.8. The first-order valence-electron chi connectivity index (χ1n) is 13.2. The van der Waals surface area contributed by atoms with E-state index in [2.05, 4.69) is 39.4 Å². The van der Waals surface area contributed by atoms with Gasteiger partial charge in [-0.25, -0.2) is 29.9 Å². The molecule has 8 N–H and O–H groups in total. The Bertz CT molecular complexity index is 1680. The first kappa shape index (κ1) is 31.4. The fourth-order valence-electron chi connectivity index (χ4n) is 5.45. The van der Waals surface area contributed by atoms with Crippen molar-refractivity contribution < 1.29 is 43.3 Å². The average molecular weight is 673 g/mol. The number of nitrogens with zero attached hydrogens (tertiary/aromatic N) is 8. The summed E-state index contributed by atoms with van der Waals surface area (Å²) >= 11 is 5.27. The number of hydrogen-bond acceptors (Lipinski definition) is 17. The van der Waals surface area contributed by atoms with E-state index in [4.69, 9.17) is 46.3 Å². The van der Waals surface area contributed by atoms with E-state index in [1.54, 1.807) is 4.57 Å². The van der Waals surface area contributed by atoms with Crippen molar-refractivity contribution in [2.75, 3.05) is 31.3 Å². The lowest BCUT2D eigenvalue weighted by atomic mass is 9.96. The second-order valence-corrected chi connectivity index (χ2v) is 13.2. The van der Waals surface area contributed by atoms with Crippen LogP contribution in [0.1, 0.15) is 18.9 Å². The molecule has 0 radical (unpaired) electrons. The molecule has 2 unspecified atom stereocenters. The molecule has 19 nitrogen and oxygen atoms in total. The van der Waals surface area contributed by atoms with Crippen molar-refractivity contribution >= 4 is 62.0 Å². The highest BCUT2D eigenvalue weighted by Gasteiger charge is 2.49. The van der Waals surface area contributed by atoms with Gasteiger partial charge in [0.15, 0.2) is 29.2 Å². The maximum atomic E-state index is 11.2. The predicted octanol–water partition coefficient (Wildman–Crippen LogP) is -1.23. The van der Waals surface area contributed by atoms with Crippen molar-refractivity contribution in [3.8, 4) is 0 Å². The van der Waals surface area contributed by atoms with Gasteiger partial charge in [0.05, 0.1) is 32.0 Å². The van der Waals surface area contributed by atoms with Crippen LogP contribution in [0.15, 0.2) is 25.3 Å². The van der Waals surface area contributed by atoms with E-state index in [-0.39, 0.29) is 37.9 Å². The predicted molar refractivity (Wildman–Crippen MR) is 157 cm³/mol. The minimum absolute atomic E-state index is 0.0517. The number of nitrogen functional groups attached to an aromatic ring is 2. The molecule has 22 heteroatoms. The molecule has 4 aromatic heterocycles. The second kappa shape index (κ2) is 12.7. The van der Waals surface area contributed by atoms with Crippen LogP contribution >= 0.6 is 16.2 Å². The van der Waals surface area contributed by atoms with Gasteiger partial charge in [-0.15, -0.1) is 0 Å². The molecule has 2 aliphatic heterocycles. The summed E-state index contributed by atoms with van der Waals surface area (Å²) in [5, 5.41) is 32.0. The first-order chi connectivity index (χ1) is 21.1. The van der Waals surface area contributed by atoms with E-state index < -0.39 is 55.6 Å². The highest BCUT2D eigenvalue weighted by atomic mass is 32.5. The van der Waals surface area contributed by atoms with Crippen LogP contribution in [0.4, 0.5) is 11.6 Å². The van der Waals surface area contributed by atoms with Gasteiger partial charge in [0.1, 0.15) is 54.3 Å². The zero-order valence-corrected chi connectivity index (χ0v) is 25.6. The molecule has 4 aromatic rings. The summed E-state index contributed by atoms with van der Waals surface area (Å²) in [6.45, 7) is -4.74. The third kappa shape index (κ3) is 5.77. The maximum Gasteiger partial charge on any atom is 0.325 e. The lowest BCUT2D eigenvalue weighted by molar-refractivity contribution is -0.0493. The van der Waals surface area contributed by atoms with Gasteiger partial charge in [0, 0.05) is 22.0 Å². The Morgan fingerprint density at radius 2 is 1.48 bits per heavy atom. The molecule has 6 heterocycles. The molecular weight excluding hydrogens is 642 g/mol. The van der Waals surface area contributed by atoms with Gasteiger partial charge in [-0.3, -0.25) is 13.7 Å². The molecule has 2 fully saturated rings. The summed E-state index contributed by atoms with van der Waals surface area (Å²) < 4.78 is 31.7. The Hall–Kier alpha value is -2.58. The van der Waals surface area contributed by atoms with E-state index in [1.807, 2.05) is 0 Å². The van der Waals surface area contributed by atoms with Crippen LogP contribution in [0, 0.1) is 5.92 Å². The molecule has 0 aromatic carbocycles. The topological polar surface area (TPSA) is 266 Å². The molecule has 0 bridgehead atoms. The fraction of sp³-hybridized carbons (Fsp3) is 0.545. The smallest absolute Gasteiger partial charge is 0.325 e. The summed E-state index contributed by atoms with van der Waals surface area (Å²) in [7, 11) is 2.08. The Morgan fingerprint density at radius 1 is 0.886 bits per heavy atom. The maximum absolute atomic E-state index is 11.2. The highest BCUT2D eigenvalue weighted by Crippen LogP contribution is 2.50. The van der Waals surface area contributed by atoms with Crippen LogP contribution in [0.25, 0.3) is 22.3 Å². The molecule has 238 valence electrons. The second-order valence-electron chi connectivity index (χ2n) is 10.1. The van der Waals surface area contributed by atoms with Crippen LogP contribution in [-0.2, 0) is 34.9 Å². The number of anilines is 2. The normalized spacial score (nSPS) is 30.4. The Balaban J connectivity index is 1.17. The molecule has 2 aliphatic rings. The number of aromatic nitrogens is 8. The number of nitrogens with two attached hydrogens (primary N) is 2. The Kier molecular flexibility index (Phi) is 9.04. The highest BCUT2D eigenvalue weighted by molar-refractivity contribution is 8.07. The van der Waals surface area contributed by atoms with Crippen molar-refractivity contribution in [2.24, 2.45) is 5.92 Å². The third-order valence-corrected chi connectivity index (χ3v) is 9.26. The van der Waals surface area contributed by atoms with Gasteiger partial charge in [-0.2, -0.15) is 0 Å². The SMILES string of the molecule is Nc1ncnc2c1ncn2[C@@H]1O[C@H](COP)[C@@H](OP(O)(=S)OC[C@H]2O[C@@H](n3cnc4c(N)ncnc43)[C@H](CCO)[C@@H]2O)[C@H]1O. The standard InChI is InChI=1S/C22H30N10O9P2S/c23-17-12-19(27-5-25-17)31(7-29-12)21-9(1-2-33)14(34)10(39-21)4-38-43(36,44)41-16-11(3-37-42)40-22(15(16)35)32-8-30-13-18(24)26-6-28-20(13)32/h5-11,14-16,21-22,33-35H,1-4,42H2,(H,36,44)(H2,23,25,27)(H2,24,26,28)/t9-,10-,11-,14+,15-,16-,21-,22-,43?/m1/s1. The van der Waals surface area contributed by atoms with E-state index in [0.29, 0.717) is 22.3 Å². The van der Waals surface area contributed by atoms with Gasteiger partial charge >= 0.3 is 6.72 Å². The third-order valence-electron chi connectivity index (χ3n) is 7.51. The largest absolute Gasteiger partial charge is 0.396 e. The number of ether oxygens (including phenoxy) is 2. The average Bonchev–Trinajstić information content (AvgIpc) is 3.75. The van der Waals surface area contributed by atoms with Crippen molar-refractivity contribution in [3.63, 3.8) is 0 Å². The van der Waals surface area contributed by atoms with Gasteiger partial charge < -0.3 is 50.2 Å². The number of aliphatic hydroxyl groups is 3. The number of hydrogen-bond donors (Lipinski definition) is 6. The van der Waals surface area contributed by atoms with Gasteiger partial charge in [-0.1, -0.05) is 0 Å². The van der Waals surface area contributed by atoms with Crippen molar-refractivity contribution in [2.45, 2.75) is 49.4 Å². The van der Waals surface area contributed by atoms with E-state index in [0.717, 1.165) is 0 Å². The number of fused-ring (bicyclic) bond motifs is 2. The molecule has 0 spiro atoms. The number of rotatable bonds is 11. The zero-order chi connectivity index (χ0) is 31.2. The molecule has 6 rings (SSSR count). The molecule has 0 aliphatic carbocycles. The lowest BCUT2D eigenvalue weighted by Crippen LogP contribution is -2.36. The van der Waals surface area contributed by atoms with Crippen molar-refractivity contribution in [1.29, 1.82) is 0 Å². The monoisotopic (exact) mass is 672 g/mol. The van der Waals surface area contributed by atoms with Crippen LogP contribution in [0.2, 0.25) is 0 Å². The molecule has 0 saturated carbocycles. The van der Waals surface area contributed by atoms with Crippen molar-refractivity contribution in [3.05, 3.63) is 25.3 Å². The minimum Gasteiger partial charge on any atom is -0.396 e. The summed E-state index contributed by atoms with van der Waals surface area (Å²) in [6.07, 6.45) is -1.89. The van der Waals surface area contributed by atoms with Crippen LogP contribution < -0.4 is 11.5 Å². The van der Waals surface area contributed by atoms with Crippen molar-refractivity contribution in [1.82, 2.24) is 39.0 Å². The Morgan fingerprint density at radius 3 is 2.07 bits per heavy atom. The molecular formula is C22H30N10O9P2S. The quantitative estimate of drug-likeness (QED) is 0.102. The fourth-order valence-corrected chi connectivity index (χ4v) is 7.08. The number of imidazole rings is 2. The van der Waals surface area contributed by atoms with Crippen LogP contribution in [0.3, 0.4) is 0 Å². The minimum atomic E-state index is -4.08. The van der Waals surface area contributed by atoms with Crippen LogP contribution in [0.5, 0.6) is 0 Å². The van der Waals surface area contributed by atoms with E-state index in [9.17, 15) is 20.2 Å². The van der Waals surface area contributed by atoms with Crippen LogP contribution in [-0.4, -0.2) is 110 Å². The molecule has 10 atom stereocenters. The molecule has 0 amide bonds. The molecule has 2 saturated heterocycles. The van der Waals surface area contributed by atoms with Gasteiger partial charge in [-0.05, 0) is 18.2 Å².